The maximum atomic E-state index is 7.06. The molecule has 10 rings (SSSR count). The number of benzene rings is 7. The molecule has 0 bridgehead atoms. The maximum Gasteiger partial charge on any atom is 0.135 e. The molecule has 6 heteroatoms. The molecule has 0 atom stereocenters. The number of rotatable bonds is 12. The maximum absolute atomic E-state index is 7.06. The Morgan fingerprint density at radius 2 is 1.11 bits per heavy atom. The predicted octanol–water partition coefficient (Wildman–Crippen LogP) is 18.1. The van der Waals surface area contributed by atoms with Crippen LogP contribution in [0.15, 0.2) is 175 Å². The molecule has 9 aromatic rings. The van der Waals surface area contributed by atoms with E-state index < -0.39 is 0 Å². The van der Waals surface area contributed by atoms with E-state index in [9.17, 15) is 0 Å². The summed E-state index contributed by atoms with van der Waals surface area (Å²) in [5.41, 5.74) is 16.9. The van der Waals surface area contributed by atoms with E-state index in [-0.39, 0.29) is 37.3 Å². The third kappa shape index (κ3) is 9.65. The third-order valence-electron chi connectivity index (χ3n) is 15.5. The second kappa shape index (κ2) is 20.2. The molecule has 0 aliphatic carbocycles. The van der Waals surface area contributed by atoms with Crippen molar-refractivity contribution in [3.05, 3.63) is 233 Å². The first-order chi connectivity index (χ1) is 34.8. The van der Waals surface area contributed by atoms with Crippen LogP contribution in [0, 0.1) is 18.8 Å². The minimum Gasteiger partial charge on any atom is -0.509 e. The summed E-state index contributed by atoms with van der Waals surface area (Å²) in [5.74, 6) is 2.67. The topological polar surface area (TPSA) is 33.5 Å². The van der Waals surface area contributed by atoms with Gasteiger partial charge in [0.05, 0.1) is 0 Å². The number of allylic oxidation sites excluding steroid dienone is 2. The van der Waals surface area contributed by atoms with Gasteiger partial charge in [-0.1, -0.05) is 185 Å². The van der Waals surface area contributed by atoms with E-state index in [4.69, 9.17) is 9.72 Å². The van der Waals surface area contributed by atoms with Crippen molar-refractivity contribution in [2.75, 3.05) is 9.80 Å². The van der Waals surface area contributed by atoms with Gasteiger partial charge in [0.15, 0.2) is 0 Å². The predicted molar refractivity (Wildman–Crippen MR) is 306 cm³/mol. The normalized spacial score (nSPS) is 13.4. The number of hydrogen-bond acceptors (Lipinski definition) is 4. The molecule has 0 spiro atoms. The zero-order valence-corrected chi connectivity index (χ0v) is 47.6. The van der Waals surface area contributed by atoms with Crippen LogP contribution < -0.4 is 14.5 Å². The van der Waals surface area contributed by atoms with Crippen LogP contribution in [0.4, 0.5) is 11.4 Å². The van der Waals surface area contributed by atoms with Gasteiger partial charge in [0, 0.05) is 72.2 Å². The van der Waals surface area contributed by atoms with Gasteiger partial charge in [0.25, 0.3) is 0 Å². The van der Waals surface area contributed by atoms with Crippen LogP contribution in [0.1, 0.15) is 141 Å². The molecule has 7 aromatic carbocycles. The quantitative estimate of drug-likeness (QED) is 0.114. The summed E-state index contributed by atoms with van der Waals surface area (Å²) in [6.07, 6.45) is 1.92. The number of para-hydroxylation sites is 1. The van der Waals surface area contributed by atoms with E-state index in [0.717, 1.165) is 56.0 Å². The Morgan fingerprint density at radius 1 is 0.527 bits per heavy atom. The fourth-order valence-electron chi connectivity index (χ4n) is 10.7. The van der Waals surface area contributed by atoms with Crippen molar-refractivity contribution >= 4 is 33.2 Å². The van der Waals surface area contributed by atoms with Crippen molar-refractivity contribution in [3.8, 4) is 28.4 Å². The summed E-state index contributed by atoms with van der Waals surface area (Å²) in [4.78, 5) is 9.58. The van der Waals surface area contributed by atoms with Gasteiger partial charge in [-0.05, 0) is 111 Å². The minimum atomic E-state index is -0.265. The summed E-state index contributed by atoms with van der Waals surface area (Å²) in [6, 6.07) is 64.8. The minimum absolute atomic E-state index is 0. The van der Waals surface area contributed by atoms with E-state index in [0.29, 0.717) is 23.3 Å². The van der Waals surface area contributed by atoms with Crippen LogP contribution in [-0.4, -0.2) is 9.55 Å². The summed E-state index contributed by atoms with van der Waals surface area (Å²) in [7, 11) is 0. The molecular weight excluding hydrogens is 1080 g/mol. The Hall–Kier alpha value is -6.68. The zero-order chi connectivity index (χ0) is 51.6. The van der Waals surface area contributed by atoms with E-state index in [1.165, 1.54) is 44.5 Å². The van der Waals surface area contributed by atoms with Crippen molar-refractivity contribution in [1.82, 2.24) is 9.55 Å². The molecule has 0 N–H and O–H groups in total. The summed E-state index contributed by atoms with van der Waals surface area (Å²) < 4.78 is 9.28. The fourth-order valence-corrected chi connectivity index (χ4v) is 10.7. The van der Waals surface area contributed by atoms with Gasteiger partial charge in [-0.15, -0.1) is 53.6 Å². The van der Waals surface area contributed by atoms with Gasteiger partial charge in [-0.2, -0.15) is 6.07 Å². The Kier molecular flexibility index (Phi) is 14.3. The molecular formula is C68H69N4OPt-3. The van der Waals surface area contributed by atoms with Crippen LogP contribution in [0.5, 0.6) is 11.5 Å². The smallest absolute Gasteiger partial charge is 0.135 e. The van der Waals surface area contributed by atoms with Crippen LogP contribution in [0.3, 0.4) is 0 Å². The first-order valence-electron chi connectivity index (χ1n) is 26.0. The molecule has 74 heavy (non-hydrogen) atoms. The number of pyridine rings is 1. The monoisotopic (exact) mass is 1150 g/mol. The van der Waals surface area contributed by atoms with E-state index >= 15 is 0 Å². The van der Waals surface area contributed by atoms with Crippen molar-refractivity contribution in [1.29, 1.82) is 0 Å². The van der Waals surface area contributed by atoms with E-state index in [1.54, 1.807) is 0 Å². The van der Waals surface area contributed by atoms with Gasteiger partial charge < -0.3 is 19.1 Å². The van der Waals surface area contributed by atoms with Crippen molar-refractivity contribution in [2.24, 2.45) is 0 Å². The van der Waals surface area contributed by atoms with Gasteiger partial charge in [-0.3, -0.25) is 0 Å². The molecule has 0 radical (unpaired) electrons. The number of aromatic nitrogens is 2. The average molecular weight is 1150 g/mol. The molecule has 2 aromatic heterocycles. The first kappa shape index (κ1) is 52.2. The third-order valence-corrected chi connectivity index (χ3v) is 15.5. The Balaban J connectivity index is 0.00000672. The van der Waals surface area contributed by atoms with Gasteiger partial charge in [0.2, 0.25) is 0 Å². The molecule has 380 valence electrons. The van der Waals surface area contributed by atoms with E-state index in [1.807, 2.05) is 12.3 Å². The molecule has 3 heterocycles. The summed E-state index contributed by atoms with van der Waals surface area (Å²) in [6.45, 7) is 31.9. The molecule has 1 aliphatic rings. The van der Waals surface area contributed by atoms with Crippen LogP contribution in [-0.2, 0) is 37.3 Å². The van der Waals surface area contributed by atoms with Gasteiger partial charge >= 0.3 is 0 Å². The zero-order valence-electron chi connectivity index (χ0n) is 45.3. The number of ether oxygens (including phenoxy) is 1. The standard InChI is InChI=1S/C68H69N4O.Pt/c1-44(2)58-28-22-29-59(45(3)4)65(58)48-35-54(41-57(36-48)73-56-31-32-61-60-27-20-21-30-62(60)72(63(61)42-56)64-40-51(33-34-69-64)66(7,8)9)70-43-71(47(6)46(70)5)55-38-52(67(10,11)49-23-16-14-17-24-49)37-53(39-55)68(12,13)50-25-18-15-19-26-50;/h14-40,43-45H,1-13H3;/q-3;. The largest absolute Gasteiger partial charge is 0.509 e. The SMILES string of the molecule is CC1=C(C)N(c2cc(C(C)(C)c3ccccc3)cc(C(C)(C)c3ccccc3)c2)[CH-]N1c1[c-]c(Oc2[c-]c3c(cc2)c2ccccc2n3-c2cc(C(C)(C)C)ccn2)cc(-c2c(C(C)C)cccc2C(C)C)c1.[Pt]. The van der Waals surface area contributed by atoms with Crippen molar-refractivity contribution < 1.29 is 25.8 Å². The van der Waals surface area contributed by atoms with Crippen LogP contribution in [0.2, 0.25) is 0 Å². The summed E-state index contributed by atoms with van der Waals surface area (Å²) >= 11 is 0. The van der Waals surface area contributed by atoms with Crippen molar-refractivity contribution in [2.45, 2.75) is 118 Å². The number of nitrogens with zero attached hydrogens (tertiary/aromatic N) is 4. The molecule has 0 saturated carbocycles. The van der Waals surface area contributed by atoms with Crippen LogP contribution >= 0.6 is 0 Å². The second-order valence-electron chi connectivity index (χ2n) is 22.7. The molecule has 0 fully saturated rings. The average Bonchev–Trinajstić information content (AvgIpc) is 3.88. The Labute approximate surface area is 455 Å². The Morgan fingerprint density at radius 3 is 1.70 bits per heavy atom. The second-order valence-corrected chi connectivity index (χ2v) is 22.7. The molecule has 1 aliphatic heterocycles. The number of fused-ring (bicyclic) bond motifs is 3. The molecule has 0 amide bonds. The molecule has 0 saturated heterocycles. The number of anilines is 2. The summed E-state index contributed by atoms with van der Waals surface area (Å²) in [5, 5.41) is 2.23. The van der Waals surface area contributed by atoms with Crippen LogP contribution in [0.25, 0.3) is 38.8 Å². The van der Waals surface area contributed by atoms with E-state index in [2.05, 4.69) is 275 Å². The van der Waals surface area contributed by atoms with Crippen molar-refractivity contribution in [3.63, 3.8) is 0 Å². The fraction of sp³-hybridized carbons (Fsp3) is 0.265. The Bertz CT molecular complexity index is 3440. The first-order valence-corrected chi connectivity index (χ1v) is 26.0. The molecule has 5 nitrogen and oxygen atoms in total. The molecule has 0 unspecified atom stereocenters. The van der Waals surface area contributed by atoms with Gasteiger partial charge in [-0.25, -0.2) is 4.98 Å². The number of hydrogen-bond donors (Lipinski definition) is 0. The van der Waals surface area contributed by atoms with Gasteiger partial charge in [0.1, 0.15) is 5.82 Å².